The van der Waals surface area contributed by atoms with E-state index in [9.17, 15) is 13.2 Å². The van der Waals surface area contributed by atoms with E-state index in [4.69, 9.17) is 0 Å². The molecule has 0 saturated carbocycles. The summed E-state index contributed by atoms with van der Waals surface area (Å²) in [6, 6.07) is 15.2. The van der Waals surface area contributed by atoms with E-state index in [1.54, 1.807) is 54.6 Å². The molecule has 142 valence electrons. The normalized spacial score (nSPS) is 12.1. The Morgan fingerprint density at radius 1 is 1.04 bits per heavy atom. The Hall–Kier alpha value is -1.89. The van der Waals surface area contributed by atoms with E-state index in [0.29, 0.717) is 17.7 Å². The Bertz CT molecular complexity index is 811. The molecule has 0 heterocycles. The molecule has 7 heteroatoms. The van der Waals surface area contributed by atoms with E-state index in [1.165, 1.54) is 0 Å². The Morgan fingerprint density at radius 3 is 2.31 bits per heavy atom. The molecule has 5 nitrogen and oxygen atoms in total. The summed E-state index contributed by atoms with van der Waals surface area (Å²) in [5, 5.41) is 6.07. The van der Waals surface area contributed by atoms with Crippen molar-refractivity contribution in [3.05, 3.63) is 65.7 Å². The van der Waals surface area contributed by atoms with Gasteiger partial charge in [0.1, 0.15) is 0 Å². The lowest BCUT2D eigenvalue weighted by Gasteiger charge is -2.15. The SMILES string of the molecule is CCN[C@H](C)CNC(=O)c1ccccc1CS(=O)(=O)c1ccccc1.Cl. The van der Waals surface area contributed by atoms with Crippen LogP contribution in [-0.4, -0.2) is 33.5 Å². The zero-order chi connectivity index (χ0) is 18.3. The Balaban J connectivity index is 0.00000338. The first-order valence-electron chi connectivity index (χ1n) is 8.31. The van der Waals surface area contributed by atoms with Crippen molar-refractivity contribution < 1.29 is 13.2 Å². The number of benzene rings is 2. The lowest BCUT2D eigenvalue weighted by atomic mass is 10.1. The van der Waals surface area contributed by atoms with Crippen molar-refractivity contribution in [2.75, 3.05) is 13.1 Å². The number of carbonyl (C=O) groups is 1. The number of rotatable bonds is 8. The van der Waals surface area contributed by atoms with Crippen molar-refractivity contribution in [1.82, 2.24) is 10.6 Å². The molecule has 0 aliphatic carbocycles. The minimum Gasteiger partial charge on any atom is -0.350 e. The third-order valence-corrected chi connectivity index (χ3v) is 5.51. The van der Waals surface area contributed by atoms with Crippen molar-refractivity contribution in [1.29, 1.82) is 0 Å². The standard InChI is InChI=1S/C19H24N2O3S.ClH/c1-3-20-15(2)13-21-19(22)18-12-8-7-9-16(18)14-25(23,24)17-10-5-4-6-11-17;/h4-12,15,20H,3,13-14H2,1-2H3,(H,21,22);1H/t15-;/m1./s1. The van der Waals surface area contributed by atoms with Gasteiger partial charge in [-0.3, -0.25) is 4.79 Å². The van der Waals surface area contributed by atoms with Gasteiger partial charge in [-0.2, -0.15) is 0 Å². The third kappa shape index (κ3) is 6.12. The number of halogens is 1. The van der Waals surface area contributed by atoms with Gasteiger partial charge in [-0.05, 0) is 37.2 Å². The number of hydrogen-bond donors (Lipinski definition) is 2. The van der Waals surface area contributed by atoms with Crippen molar-refractivity contribution in [3.8, 4) is 0 Å². The molecule has 0 spiro atoms. The first-order chi connectivity index (χ1) is 11.9. The maximum Gasteiger partial charge on any atom is 0.251 e. The van der Waals surface area contributed by atoms with Gasteiger partial charge in [0.15, 0.2) is 9.84 Å². The van der Waals surface area contributed by atoms with Crippen LogP contribution in [0, 0.1) is 0 Å². The molecular formula is C19H25ClN2O3S. The first kappa shape index (κ1) is 22.2. The topological polar surface area (TPSA) is 75.3 Å². The second-order valence-electron chi connectivity index (χ2n) is 5.90. The van der Waals surface area contributed by atoms with Gasteiger partial charge < -0.3 is 10.6 Å². The zero-order valence-corrected chi connectivity index (χ0v) is 16.6. The van der Waals surface area contributed by atoms with Crippen LogP contribution in [0.3, 0.4) is 0 Å². The second kappa shape index (κ2) is 10.3. The van der Waals surface area contributed by atoms with Gasteiger partial charge in [0.05, 0.1) is 10.6 Å². The summed E-state index contributed by atoms with van der Waals surface area (Å²) in [6.45, 7) is 5.28. The second-order valence-corrected chi connectivity index (χ2v) is 7.89. The number of carbonyl (C=O) groups excluding carboxylic acids is 1. The molecule has 0 unspecified atom stereocenters. The number of nitrogens with one attached hydrogen (secondary N) is 2. The van der Waals surface area contributed by atoms with Crippen LogP contribution in [0.1, 0.15) is 29.8 Å². The molecule has 0 fully saturated rings. The van der Waals surface area contributed by atoms with Crippen LogP contribution < -0.4 is 10.6 Å². The highest BCUT2D eigenvalue weighted by Gasteiger charge is 2.19. The predicted molar refractivity (Wildman–Crippen MR) is 106 cm³/mol. The van der Waals surface area contributed by atoms with Crippen LogP contribution in [-0.2, 0) is 15.6 Å². The Morgan fingerprint density at radius 2 is 1.65 bits per heavy atom. The van der Waals surface area contributed by atoms with E-state index in [2.05, 4.69) is 10.6 Å². The van der Waals surface area contributed by atoms with Crippen LogP contribution in [0.4, 0.5) is 0 Å². The highest BCUT2D eigenvalue weighted by molar-refractivity contribution is 7.90. The fourth-order valence-corrected chi connectivity index (χ4v) is 3.94. The predicted octanol–water partition coefficient (Wildman–Crippen LogP) is 2.81. The summed E-state index contributed by atoms with van der Waals surface area (Å²) in [5.41, 5.74) is 0.894. The van der Waals surface area contributed by atoms with Gasteiger partial charge in [0.2, 0.25) is 0 Å². The fraction of sp³-hybridized carbons (Fsp3) is 0.316. The largest absolute Gasteiger partial charge is 0.350 e. The van der Waals surface area contributed by atoms with Crippen molar-refractivity contribution >= 4 is 28.2 Å². The van der Waals surface area contributed by atoms with E-state index < -0.39 is 9.84 Å². The molecule has 2 N–H and O–H groups in total. The molecule has 26 heavy (non-hydrogen) atoms. The van der Waals surface area contributed by atoms with E-state index in [-0.39, 0.29) is 35.0 Å². The van der Waals surface area contributed by atoms with Gasteiger partial charge in [0.25, 0.3) is 5.91 Å². The fourth-order valence-electron chi connectivity index (χ4n) is 2.55. The molecule has 2 aromatic rings. The highest BCUT2D eigenvalue weighted by atomic mass is 35.5. The average Bonchev–Trinajstić information content (AvgIpc) is 2.61. The van der Waals surface area contributed by atoms with Gasteiger partial charge in [0, 0.05) is 18.2 Å². The van der Waals surface area contributed by atoms with Crippen molar-refractivity contribution in [2.45, 2.75) is 30.5 Å². The molecule has 1 atom stereocenters. The molecule has 0 aliphatic rings. The number of amides is 1. The van der Waals surface area contributed by atoms with E-state index in [0.717, 1.165) is 6.54 Å². The van der Waals surface area contributed by atoms with Gasteiger partial charge >= 0.3 is 0 Å². The monoisotopic (exact) mass is 396 g/mol. The van der Waals surface area contributed by atoms with Crippen LogP contribution in [0.5, 0.6) is 0 Å². The zero-order valence-electron chi connectivity index (χ0n) is 14.9. The molecule has 0 saturated heterocycles. The number of hydrogen-bond acceptors (Lipinski definition) is 4. The molecule has 2 aromatic carbocycles. The maximum atomic E-state index is 12.6. The third-order valence-electron chi connectivity index (χ3n) is 3.83. The van der Waals surface area contributed by atoms with E-state index >= 15 is 0 Å². The van der Waals surface area contributed by atoms with Crippen LogP contribution in [0.15, 0.2) is 59.5 Å². The molecule has 0 radical (unpaired) electrons. The summed E-state index contributed by atoms with van der Waals surface area (Å²) in [6.07, 6.45) is 0. The summed E-state index contributed by atoms with van der Waals surface area (Å²) in [7, 11) is -3.50. The van der Waals surface area contributed by atoms with E-state index in [1.807, 2.05) is 13.8 Å². The minimum absolute atomic E-state index is 0. The summed E-state index contributed by atoms with van der Waals surface area (Å²) >= 11 is 0. The van der Waals surface area contributed by atoms with Gasteiger partial charge in [-0.15, -0.1) is 12.4 Å². The van der Waals surface area contributed by atoms with Gasteiger partial charge in [-0.1, -0.05) is 43.3 Å². The highest BCUT2D eigenvalue weighted by Crippen LogP contribution is 2.19. The smallest absolute Gasteiger partial charge is 0.251 e. The van der Waals surface area contributed by atoms with Crippen LogP contribution in [0.2, 0.25) is 0 Å². The number of likely N-dealkylation sites (N-methyl/N-ethyl adjacent to an activating group) is 1. The quantitative estimate of drug-likeness (QED) is 0.719. The minimum atomic E-state index is -3.50. The molecular weight excluding hydrogens is 372 g/mol. The summed E-state index contributed by atoms with van der Waals surface area (Å²) in [5.74, 6) is -0.466. The number of sulfone groups is 1. The lowest BCUT2D eigenvalue weighted by Crippen LogP contribution is -2.39. The average molecular weight is 397 g/mol. The molecule has 0 aliphatic heterocycles. The van der Waals surface area contributed by atoms with Crippen LogP contribution in [0.25, 0.3) is 0 Å². The first-order valence-corrected chi connectivity index (χ1v) is 9.96. The summed E-state index contributed by atoms with van der Waals surface area (Å²) < 4.78 is 25.2. The molecule has 2 rings (SSSR count). The lowest BCUT2D eigenvalue weighted by molar-refractivity contribution is 0.0949. The van der Waals surface area contributed by atoms with Crippen LogP contribution >= 0.6 is 12.4 Å². The Kier molecular flexibility index (Phi) is 8.78. The molecule has 0 aromatic heterocycles. The van der Waals surface area contributed by atoms with Gasteiger partial charge in [-0.25, -0.2) is 8.42 Å². The molecule has 0 bridgehead atoms. The summed E-state index contributed by atoms with van der Waals surface area (Å²) in [4.78, 5) is 12.7. The maximum absolute atomic E-state index is 12.6. The van der Waals surface area contributed by atoms with Crippen molar-refractivity contribution in [2.24, 2.45) is 0 Å². The Labute approximate surface area is 161 Å². The molecule has 1 amide bonds. The van der Waals surface area contributed by atoms with Crippen molar-refractivity contribution in [3.63, 3.8) is 0 Å².